The SMILES string of the molecule is C=C1/C(N(c2ccccc2)c2ccccc2)=C/CC(C)/C(c2ccc3c4ccccc4n(-c4ccccc4)c3c2)=N\C1/C(=C\c1cccc2ccccc12)c1ccccc1. The van der Waals surface area contributed by atoms with Gasteiger partial charge in [-0.15, -0.1) is 0 Å². The maximum Gasteiger partial charge on any atom is 0.102 e. The number of aliphatic imine (C=N–C) groups is 1. The predicted molar refractivity (Wildman–Crippen MR) is 255 cm³/mol. The Morgan fingerprint density at radius 3 is 1.90 bits per heavy atom. The molecule has 3 nitrogen and oxygen atoms in total. The molecule has 2 unspecified atom stereocenters. The molecule has 0 aliphatic carbocycles. The average Bonchev–Trinajstić information content (AvgIpc) is 3.64. The molecule has 0 saturated carbocycles. The van der Waals surface area contributed by atoms with E-state index in [4.69, 9.17) is 11.6 Å². The molecule has 2 heterocycles. The van der Waals surface area contributed by atoms with Gasteiger partial charge >= 0.3 is 0 Å². The number of hydrogen-bond acceptors (Lipinski definition) is 2. The number of aromatic nitrogens is 1. The molecule has 1 aliphatic rings. The molecule has 0 radical (unpaired) electrons. The lowest BCUT2D eigenvalue weighted by molar-refractivity contribution is 0.761. The fourth-order valence-electron chi connectivity index (χ4n) is 8.93. The van der Waals surface area contributed by atoms with E-state index >= 15 is 0 Å². The van der Waals surface area contributed by atoms with Gasteiger partial charge in [-0.1, -0.05) is 177 Å². The Kier molecular flexibility index (Phi) is 9.85. The minimum absolute atomic E-state index is 0.0885. The van der Waals surface area contributed by atoms with Gasteiger partial charge in [0.2, 0.25) is 0 Å². The second-order valence-electron chi connectivity index (χ2n) is 15.6. The molecule has 2 atom stereocenters. The van der Waals surface area contributed by atoms with Crippen molar-refractivity contribution in [2.45, 2.75) is 19.4 Å². The molecule has 8 aromatic carbocycles. The molecule has 1 aliphatic heterocycles. The van der Waals surface area contributed by atoms with Crippen LogP contribution in [0.2, 0.25) is 0 Å². The number of allylic oxidation sites excluding steroid dienone is 1. The van der Waals surface area contributed by atoms with Crippen molar-refractivity contribution in [3.63, 3.8) is 0 Å². The quantitative estimate of drug-likeness (QED) is 0.141. The Morgan fingerprint density at radius 2 is 1.18 bits per heavy atom. The molecule has 10 rings (SSSR count). The zero-order valence-corrected chi connectivity index (χ0v) is 33.7. The highest BCUT2D eigenvalue weighted by Crippen LogP contribution is 2.41. The summed E-state index contributed by atoms with van der Waals surface area (Å²) in [7, 11) is 0. The lowest BCUT2D eigenvalue weighted by Crippen LogP contribution is -2.28. The Labute approximate surface area is 352 Å². The van der Waals surface area contributed by atoms with Crippen LogP contribution in [-0.2, 0) is 0 Å². The first-order valence-electron chi connectivity index (χ1n) is 20.8. The molecule has 0 amide bonds. The first-order valence-corrected chi connectivity index (χ1v) is 20.8. The third-order valence-electron chi connectivity index (χ3n) is 11.8. The Balaban J connectivity index is 1.22. The summed E-state index contributed by atoms with van der Waals surface area (Å²) < 4.78 is 2.39. The smallest absolute Gasteiger partial charge is 0.102 e. The summed E-state index contributed by atoms with van der Waals surface area (Å²) in [6.45, 7) is 7.35. The Hall–Kier alpha value is -7.49. The van der Waals surface area contributed by atoms with Crippen molar-refractivity contribution in [3.8, 4) is 5.69 Å². The normalized spacial score (nSPS) is 17.8. The summed E-state index contributed by atoms with van der Waals surface area (Å²) >= 11 is 0. The van der Waals surface area contributed by atoms with Crippen molar-refractivity contribution in [2.24, 2.45) is 10.9 Å². The van der Waals surface area contributed by atoms with Crippen LogP contribution in [0.4, 0.5) is 11.4 Å². The lowest BCUT2D eigenvalue weighted by atomic mass is 9.85. The molecule has 0 saturated heterocycles. The van der Waals surface area contributed by atoms with Gasteiger partial charge in [0.1, 0.15) is 6.04 Å². The van der Waals surface area contributed by atoms with E-state index in [1.54, 1.807) is 0 Å². The molecule has 0 bridgehead atoms. The first kappa shape index (κ1) is 36.8. The zero-order valence-electron chi connectivity index (χ0n) is 33.7. The molecule has 0 spiro atoms. The maximum absolute atomic E-state index is 5.98. The number of nitrogens with zero attached hydrogens (tertiary/aromatic N) is 3. The summed E-state index contributed by atoms with van der Waals surface area (Å²) in [5.74, 6) is 0.0885. The van der Waals surface area contributed by atoms with E-state index in [0.29, 0.717) is 0 Å². The van der Waals surface area contributed by atoms with Gasteiger partial charge in [0.25, 0.3) is 0 Å². The largest absolute Gasteiger partial charge is 0.310 e. The van der Waals surface area contributed by atoms with Crippen LogP contribution in [0.25, 0.3) is 49.9 Å². The molecule has 60 heavy (non-hydrogen) atoms. The zero-order chi connectivity index (χ0) is 40.4. The van der Waals surface area contributed by atoms with E-state index in [2.05, 4.69) is 235 Å². The van der Waals surface area contributed by atoms with Crippen LogP contribution in [0.5, 0.6) is 0 Å². The molecular formula is C57H45N3. The van der Waals surface area contributed by atoms with Crippen LogP contribution in [0.15, 0.2) is 235 Å². The van der Waals surface area contributed by atoms with Crippen LogP contribution in [0.1, 0.15) is 30.0 Å². The van der Waals surface area contributed by atoms with Crippen LogP contribution >= 0.6 is 0 Å². The first-order chi connectivity index (χ1) is 29.6. The molecular weight excluding hydrogens is 727 g/mol. The monoisotopic (exact) mass is 771 g/mol. The van der Waals surface area contributed by atoms with Crippen molar-refractivity contribution in [1.29, 1.82) is 0 Å². The van der Waals surface area contributed by atoms with E-state index in [1.165, 1.54) is 27.1 Å². The third kappa shape index (κ3) is 6.84. The highest BCUT2D eigenvalue weighted by Gasteiger charge is 2.30. The summed E-state index contributed by atoms with van der Waals surface area (Å²) in [5, 5.41) is 4.87. The molecule has 1 aromatic heterocycles. The number of rotatable bonds is 8. The molecule has 0 N–H and O–H groups in total. The van der Waals surface area contributed by atoms with E-state index < -0.39 is 6.04 Å². The maximum atomic E-state index is 5.98. The van der Waals surface area contributed by atoms with Crippen molar-refractivity contribution < 1.29 is 0 Å². The van der Waals surface area contributed by atoms with Gasteiger partial charge in [-0.3, -0.25) is 4.99 Å². The van der Waals surface area contributed by atoms with Gasteiger partial charge in [0, 0.05) is 45.2 Å². The second kappa shape index (κ2) is 16.0. The van der Waals surface area contributed by atoms with Crippen molar-refractivity contribution in [1.82, 2.24) is 4.57 Å². The number of fused-ring (bicyclic) bond motifs is 4. The number of benzene rings is 8. The van der Waals surface area contributed by atoms with Crippen molar-refractivity contribution in [3.05, 3.63) is 247 Å². The van der Waals surface area contributed by atoms with Crippen LogP contribution in [0.3, 0.4) is 0 Å². The number of anilines is 2. The summed E-state index contributed by atoms with van der Waals surface area (Å²) in [6, 6.07) is 73.1. The van der Waals surface area contributed by atoms with Crippen LogP contribution in [0, 0.1) is 5.92 Å². The molecule has 9 aromatic rings. The lowest BCUT2D eigenvalue weighted by Gasteiger charge is -2.34. The summed E-state index contributed by atoms with van der Waals surface area (Å²) in [4.78, 5) is 8.33. The van der Waals surface area contributed by atoms with Gasteiger partial charge in [0.15, 0.2) is 0 Å². The van der Waals surface area contributed by atoms with Gasteiger partial charge in [-0.2, -0.15) is 0 Å². The highest BCUT2D eigenvalue weighted by molar-refractivity contribution is 6.13. The summed E-state index contributed by atoms with van der Waals surface area (Å²) in [5.41, 5.74) is 13.1. The Bertz CT molecular complexity index is 3040. The predicted octanol–water partition coefficient (Wildman–Crippen LogP) is 14.7. The van der Waals surface area contributed by atoms with Crippen molar-refractivity contribution in [2.75, 3.05) is 4.90 Å². The average molecular weight is 772 g/mol. The topological polar surface area (TPSA) is 20.5 Å². The van der Waals surface area contributed by atoms with E-state index in [0.717, 1.165) is 68.2 Å². The number of hydrogen-bond donors (Lipinski definition) is 0. The number of para-hydroxylation sites is 4. The standard InChI is InChI=1S/C57H45N3/c1-40-34-37-53(59(46-25-9-4-10-26-46)47-27-11-5-12-28-47)41(2)57(52(43-20-7-3-8-21-43)38-44-24-19-23-42-22-15-16-31-49(42)44)58-56(40)45-35-36-51-50-32-17-18-33-54(50)60(55(51)39-45)48-29-13-6-14-30-48/h3-33,35-40,57H,2,34H2,1H3/b52-38-,53-37-,58-56+. The minimum atomic E-state index is -0.430. The van der Waals surface area contributed by atoms with Gasteiger partial charge in [-0.25, -0.2) is 0 Å². The van der Waals surface area contributed by atoms with Gasteiger partial charge in [-0.05, 0) is 99.6 Å². The minimum Gasteiger partial charge on any atom is -0.310 e. The second-order valence-corrected chi connectivity index (χ2v) is 15.6. The Morgan fingerprint density at radius 1 is 0.600 bits per heavy atom. The van der Waals surface area contributed by atoms with Crippen molar-refractivity contribution >= 4 is 61.3 Å². The molecule has 0 fully saturated rings. The van der Waals surface area contributed by atoms with E-state index in [1.807, 2.05) is 0 Å². The van der Waals surface area contributed by atoms with Gasteiger partial charge in [0.05, 0.1) is 11.0 Å². The fraction of sp³-hybridized carbons (Fsp3) is 0.0702. The third-order valence-corrected chi connectivity index (χ3v) is 11.8. The molecule has 3 heteroatoms. The van der Waals surface area contributed by atoms with E-state index in [-0.39, 0.29) is 5.92 Å². The molecule has 288 valence electrons. The van der Waals surface area contributed by atoms with Crippen LogP contribution in [-0.4, -0.2) is 16.3 Å². The fourth-order valence-corrected chi connectivity index (χ4v) is 8.93. The van der Waals surface area contributed by atoms with Gasteiger partial charge < -0.3 is 9.47 Å². The summed E-state index contributed by atoms with van der Waals surface area (Å²) in [6.07, 6.45) is 5.53. The highest BCUT2D eigenvalue weighted by atomic mass is 15.2. The van der Waals surface area contributed by atoms with E-state index in [9.17, 15) is 0 Å². The van der Waals surface area contributed by atoms with Crippen LogP contribution < -0.4 is 4.90 Å².